The SMILES string of the molecule is CC(N)C(=O)N1[C@H](c2cccc(Br)c2)CC[C@@H]1C(C)(C)C#N. The van der Waals surface area contributed by atoms with Crippen LogP contribution in [0.25, 0.3) is 0 Å². The van der Waals surface area contributed by atoms with Gasteiger partial charge >= 0.3 is 0 Å². The quantitative estimate of drug-likeness (QED) is 0.894. The van der Waals surface area contributed by atoms with Crippen LogP contribution in [-0.4, -0.2) is 22.9 Å². The van der Waals surface area contributed by atoms with Crippen molar-refractivity contribution in [2.24, 2.45) is 11.1 Å². The second-order valence-corrected chi connectivity index (χ2v) is 7.45. The van der Waals surface area contributed by atoms with Gasteiger partial charge in [-0.25, -0.2) is 0 Å². The molecule has 1 aliphatic rings. The van der Waals surface area contributed by atoms with Gasteiger partial charge in [0, 0.05) is 4.47 Å². The maximum absolute atomic E-state index is 12.7. The second kappa shape index (κ2) is 6.39. The monoisotopic (exact) mass is 363 g/mol. The highest BCUT2D eigenvalue weighted by molar-refractivity contribution is 9.10. The average molecular weight is 364 g/mol. The number of benzene rings is 1. The molecule has 4 nitrogen and oxygen atoms in total. The van der Waals surface area contributed by atoms with Gasteiger partial charge in [-0.05, 0) is 51.3 Å². The van der Waals surface area contributed by atoms with Gasteiger partial charge in [-0.3, -0.25) is 4.79 Å². The van der Waals surface area contributed by atoms with Crippen LogP contribution in [0.5, 0.6) is 0 Å². The fraction of sp³-hybridized carbons (Fsp3) is 0.529. The molecule has 2 rings (SSSR count). The van der Waals surface area contributed by atoms with Gasteiger partial charge in [-0.1, -0.05) is 28.1 Å². The lowest BCUT2D eigenvalue weighted by Gasteiger charge is -2.37. The molecule has 3 atom stereocenters. The third-order valence-electron chi connectivity index (χ3n) is 4.38. The van der Waals surface area contributed by atoms with Crippen LogP contribution in [0.3, 0.4) is 0 Å². The van der Waals surface area contributed by atoms with Crippen molar-refractivity contribution in [3.63, 3.8) is 0 Å². The molecule has 0 saturated carbocycles. The zero-order valence-electron chi connectivity index (χ0n) is 13.2. The van der Waals surface area contributed by atoms with Gasteiger partial charge in [-0.15, -0.1) is 0 Å². The van der Waals surface area contributed by atoms with E-state index < -0.39 is 11.5 Å². The number of hydrogen-bond donors (Lipinski definition) is 1. The van der Waals surface area contributed by atoms with Gasteiger partial charge in [0.1, 0.15) is 0 Å². The summed E-state index contributed by atoms with van der Waals surface area (Å²) in [5, 5.41) is 9.47. The molecule has 22 heavy (non-hydrogen) atoms. The average Bonchev–Trinajstić information content (AvgIpc) is 2.91. The first-order valence-electron chi connectivity index (χ1n) is 7.52. The van der Waals surface area contributed by atoms with Crippen LogP contribution < -0.4 is 5.73 Å². The fourth-order valence-electron chi connectivity index (χ4n) is 3.18. The Morgan fingerprint density at radius 3 is 2.73 bits per heavy atom. The molecule has 2 N–H and O–H groups in total. The minimum Gasteiger partial charge on any atom is -0.330 e. The number of halogens is 1. The number of nitrogens with zero attached hydrogens (tertiary/aromatic N) is 2. The zero-order valence-corrected chi connectivity index (χ0v) is 14.8. The van der Waals surface area contributed by atoms with Crippen LogP contribution >= 0.6 is 15.9 Å². The molecule has 0 aliphatic carbocycles. The lowest BCUT2D eigenvalue weighted by molar-refractivity contribution is -0.137. The summed E-state index contributed by atoms with van der Waals surface area (Å²) in [5.41, 5.74) is 6.34. The predicted molar refractivity (Wildman–Crippen MR) is 89.8 cm³/mol. The highest BCUT2D eigenvalue weighted by Gasteiger charge is 2.45. The third-order valence-corrected chi connectivity index (χ3v) is 4.88. The van der Waals surface area contributed by atoms with Crippen molar-refractivity contribution in [2.45, 2.75) is 51.7 Å². The molecule has 0 spiro atoms. The van der Waals surface area contributed by atoms with E-state index in [0.29, 0.717) is 0 Å². The van der Waals surface area contributed by atoms with E-state index in [1.807, 2.05) is 43.0 Å². The molecule has 1 fully saturated rings. The molecule has 1 aliphatic heterocycles. The van der Waals surface area contributed by atoms with E-state index >= 15 is 0 Å². The number of rotatable bonds is 3. The summed E-state index contributed by atoms with van der Waals surface area (Å²) < 4.78 is 0.987. The molecule has 1 aromatic carbocycles. The van der Waals surface area contributed by atoms with Gasteiger partial charge < -0.3 is 10.6 Å². The number of carbonyl (C=O) groups excluding carboxylic acids is 1. The van der Waals surface area contributed by atoms with Crippen LogP contribution in [-0.2, 0) is 4.79 Å². The summed E-state index contributed by atoms with van der Waals surface area (Å²) in [4.78, 5) is 14.5. The largest absolute Gasteiger partial charge is 0.330 e. The molecule has 0 bridgehead atoms. The van der Waals surface area contributed by atoms with Gasteiger partial charge in [-0.2, -0.15) is 5.26 Å². The van der Waals surface area contributed by atoms with E-state index in [0.717, 1.165) is 22.9 Å². The van der Waals surface area contributed by atoms with Gasteiger partial charge in [0.2, 0.25) is 5.91 Å². The summed E-state index contributed by atoms with van der Waals surface area (Å²) in [7, 11) is 0. The van der Waals surface area contributed by atoms with Crippen molar-refractivity contribution < 1.29 is 4.79 Å². The Morgan fingerprint density at radius 2 is 2.18 bits per heavy atom. The summed E-state index contributed by atoms with van der Waals surface area (Å²) >= 11 is 3.48. The van der Waals surface area contributed by atoms with E-state index in [-0.39, 0.29) is 18.0 Å². The van der Waals surface area contributed by atoms with Crippen molar-refractivity contribution in [2.75, 3.05) is 0 Å². The Kier molecular flexibility index (Phi) is 4.93. The molecule has 5 heteroatoms. The normalized spacial score (nSPS) is 23.2. The minimum atomic E-state index is -0.592. The lowest BCUT2D eigenvalue weighted by Crippen LogP contribution is -2.50. The van der Waals surface area contributed by atoms with Crippen LogP contribution in [0.15, 0.2) is 28.7 Å². The number of nitrogens with two attached hydrogens (primary N) is 1. The van der Waals surface area contributed by atoms with Crippen LogP contribution in [0.2, 0.25) is 0 Å². The highest BCUT2D eigenvalue weighted by atomic mass is 79.9. The molecule has 1 amide bonds. The van der Waals surface area contributed by atoms with Crippen molar-refractivity contribution in [1.29, 1.82) is 5.26 Å². The number of nitriles is 1. The molecular formula is C17H22BrN3O. The summed E-state index contributed by atoms with van der Waals surface area (Å²) in [6.07, 6.45) is 1.67. The fourth-order valence-corrected chi connectivity index (χ4v) is 3.59. The molecule has 0 radical (unpaired) electrons. The first kappa shape index (κ1) is 17.0. The third kappa shape index (κ3) is 3.18. The summed E-state index contributed by atoms with van der Waals surface area (Å²) in [6, 6.07) is 9.65. The number of likely N-dealkylation sites (tertiary alicyclic amines) is 1. The lowest BCUT2D eigenvalue weighted by atomic mass is 9.84. The number of carbonyl (C=O) groups is 1. The predicted octanol–water partition coefficient (Wildman–Crippen LogP) is 3.38. The highest BCUT2D eigenvalue weighted by Crippen LogP contribution is 2.43. The molecular weight excluding hydrogens is 342 g/mol. The molecule has 1 aromatic rings. The van der Waals surface area contributed by atoms with E-state index in [1.165, 1.54) is 0 Å². The van der Waals surface area contributed by atoms with Crippen LogP contribution in [0.1, 0.15) is 45.2 Å². The van der Waals surface area contributed by atoms with Crippen molar-refractivity contribution in [1.82, 2.24) is 4.90 Å². The first-order chi connectivity index (χ1) is 10.3. The Bertz CT molecular complexity index is 606. The van der Waals surface area contributed by atoms with Crippen molar-refractivity contribution >= 4 is 21.8 Å². The number of hydrogen-bond acceptors (Lipinski definition) is 3. The smallest absolute Gasteiger partial charge is 0.240 e. The Morgan fingerprint density at radius 1 is 1.50 bits per heavy atom. The Balaban J connectivity index is 2.43. The van der Waals surface area contributed by atoms with Crippen LogP contribution in [0, 0.1) is 16.7 Å². The molecule has 0 aromatic heterocycles. The second-order valence-electron chi connectivity index (χ2n) is 6.53. The van der Waals surface area contributed by atoms with Crippen LogP contribution in [0.4, 0.5) is 0 Å². The molecule has 1 saturated heterocycles. The topological polar surface area (TPSA) is 70.1 Å². The molecule has 1 heterocycles. The summed E-state index contributed by atoms with van der Waals surface area (Å²) in [6.45, 7) is 5.49. The van der Waals surface area contributed by atoms with E-state index in [9.17, 15) is 10.1 Å². The summed E-state index contributed by atoms with van der Waals surface area (Å²) in [5.74, 6) is -0.0872. The Labute approximate surface area is 140 Å². The maximum Gasteiger partial charge on any atom is 0.240 e. The van der Waals surface area contributed by atoms with E-state index in [4.69, 9.17) is 5.73 Å². The van der Waals surface area contributed by atoms with Gasteiger partial charge in [0.15, 0.2) is 0 Å². The van der Waals surface area contributed by atoms with E-state index in [1.54, 1.807) is 6.92 Å². The van der Waals surface area contributed by atoms with Crippen molar-refractivity contribution in [3.05, 3.63) is 34.3 Å². The number of amides is 1. The molecule has 118 valence electrons. The van der Waals surface area contributed by atoms with E-state index in [2.05, 4.69) is 22.0 Å². The maximum atomic E-state index is 12.7. The first-order valence-corrected chi connectivity index (χ1v) is 8.31. The molecule has 1 unspecified atom stereocenters. The van der Waals surface area contributed by atoms with Crippen molar-refractivity contribution in [3.8, 4) is 6.07 Å². The Hall–Kier alpha value is -1.38. The minimum absolute atomic E-state index is 0.0198. The standard InChI is InChI=1S/C17H22BrN3O/c1-11(20)16(22)21-14(12-5-4-6-13(18)9-12)7-8-15(21)17(2,3)10-19/h4-6,9,11,14-15H,7-8,20H2,1-3H3/t11?,14-,15+/m0/s1. The van der Waals surface area contributed by atoms with Gasteiger partial charge in [0.05, 0.1) is 29.6 Å². The van der Waals surface area contributed by atoms with Gasteiger partial charge in [0.25, 0.3) is 0 Å². The zero-order chi connectivity index (χ0) is 16.5.